The molecular weight excluding hydrogens is 368 g/mol. The van der Waals surface area contributed by atoms with Gasteiger partial charge in [0.25, 0.3) is 0 Å². The number of nitrogens with one attached hydrogen (secondary N) is 2. The van der Waals surface area contributed by atoms with Crippen LogP contribution in [-0.4, -0.2) is 25.1 Å². The van der Waals surface area contributed by atoms with Gasteiger partial charge in [-0.2, -0.15) is 0 Å². The van der Waals surface area contributed by atoms with Crippen molar-refractivity contribution in [2.24, 2.45) is 5.92 Å². The van der Waals surface area contributed by atoms with E-state index in [0.29, 0.717) is 24.4 Å². The Bertz CT molecular complexity index is 529. The third-order valence-corrected chi connectivity index (χ3v) is 5.18. The quantitative estimate of drug-likeness (QED) is 0.825. The molecule has 2 fully saturated rings. The Morgan fingerprint density at radius 1 is 1.36 bits per heavy atom. The number of carbonyl (C=O) groups is 1. The molecule has 1 aromatic rings. The number of rotatable bonds is 4. The van der Waals surface area contributed by atoms with Crippen LogP contribution in [0.2, 0.25) is 0 Å². The molecule has 22 heavy (non-hydrogen) atoms. The Morgan fingerprint density at radius 2 is 2.05 bits per heavy atom. The first kappa shape index (κ1) is 17.6. The SMILES string of the molecule is COc1ccc(Br)c(NC(=O)CC2CC3CCC(C2)N3)c1.Cl. The van der Waals surface area contributed by atoms with Crippen LogP contribution in [-0.2, 0) is 4.79 Å². The molecule has 4 nitrogen and oxygen atoms in total. The molecule has 3 rings (SSSR count). The van der Waals surface area contributed by atoms with Crippen molar-refractivity contribution in [1.82, 2.24) is 5.32 Å². The van der Waals surface area contributed by atoms with E-state index in [2.05, 4.69) is 26.6 Å². The lowest BCUT2D eigenvalue weighted by Crippen LogP contribution is -2.39. The minimum Gasteiger partial charge on any atom is -0.497 e. The number of piperidine rings is 1. The van der Waals surface area contributed by atoms with Gasteiger partial charge in [-0.1, -0.05) is 0 Å². The second-order valence-electron chi connectivity index (χ2n) is 6.07. The average Bonchev–Trinajstić information content (AvgIpc) is 2.80. The molecule has 2 bridgehead atoms. The first-order valence-electron chi connectivity index (χ1n) is 7.53. The number of fused-ring (bicyclic) bond motifs is 2. The van der Waals surface area contributed by atoms with Gasteiger partial charge in [-0.15, -0.1) is 12.4 Å². The normalized spacial score (nSPS) is 26.2. The summed E-state index contributed by atoms with van der Waals surface area (Å²) in [7, 11) is 1.62. The highest BCUT2D eigenvalue weighted by atomic mass is 79.9. The molecule has 2 atom stereocenters. The van der Waals surface area contributed by atoms with Crippen molar-refractivity contribution < 1.29 is 9.53 Å². The van der Waals surface area contributed by atoms with Crippen LogP contribution >= 0.6 is 28.3 Å². The van der Waals surface area contributed by atoms with Gasteiger partial charge >= 0.3 is 0 Å². The summed E-state index contributed by atoms with van der Waals surface area (Å²) in [6, 6.07) is 6.85. The van der Waals surface area contributed by atoms with Crippen molar-refractivity contribution in [3.8, 4) is 5.75 Å². The number of hydrogen-bond acceptors (Lipinski definition) is 3. The van der Waals surface area contributed by atoms with Crippen LogP contribution in [0.4, 0.5) is 5.69 Å². The second kappa shape index (κ2) is 7.66. The van der Waals surface area contributed by atoms with Gasteiger partial charge in [0.1, 0.15) is 5.75 Å². The van der Waals surface area contributed by atoms with Crippen LogP contribution in [0, 0.1) is 5.92 Å². The predicted molar refractivity (Wildman–Crippen MR) is 93.9 cm³/mol. The largest absolute Gasteiger partial charge is 0.497 e. The van der Waals surface area contributed by atoms with Gasteiger partial charge in [0.15, 0.2) is 0 Å². The Hall–Kier alpha value is -0.780. The molecule has 2 aliphatic heterocycles. The molecular formula is C16H22BrClN2O2. The van der Waals surface area contributed by atoms with Crippen LogP contribution < -0.4 is 15.4 Å². The summed E-state index contributed by atoms with van der Waals surface area (Å²) in [5, 5.41) is 6.61. The van der Waals surface area contributed by atoms with E-state index in [-0.39, 0.29) is 18.3 Å². The highest BCUT2D eigenvalue weighted by Gasteiger charge is 2.34. The van der Waals surface area contributed by atoms with E-state index in [0.717, 1.165) is 28.8 Å². The van der Waals surface area contributed by atoms with E-state index >= 15 is 0 Å². The Morgan fingerprint density at radius 3 is 2.68 bits per heavy atom. The number of halogens is 2. The summed E-state index contributed by atoms with van der Waals surface area (Å²) in [6.45, 7) is 0. The maximum absolute atomic E-state index is 12.3. The topological polar surface area (TPSA) is 50.4 Å². The van der Waals surface area contributed by atoms with E-state index < -0.39 is 0 Å². The maximum Gasteiger partial charge on any atom is 0.224 e. The molecule has 0 radical (unpaired) electrons. The van der Waals surface area contributed by atoms with E-state index in [9.17, 15) is 4.79 Å². The second-order valence-corrected chi connectivity index (χ2v) is 6.93. The van der Waals surface area contributed by atoms with Crippen LogP contribution in [0.1, 0.15) is 32.1 Å². The van der Waals surface area contributed by atoms with Gasteiger partial charge in [0.2, 0.25) is 5.91 Å². The Balaban J connectivity index is 0.00000176. The van der Waals surface area contributed by atoms with Crippen molar-refractivity contribution in [1.29, 1.82) is 0 Å². The summed E-state index contributed by atoms with van der Waals surface area (Å²) in [6.07, 6.45) is 5.40. The van der Waals surface area contributed by atoms with E-state index in [1.165, 1.54) is 12.8 Å². The van der Waals surface area contributed by atoms with Crippen molar-refractivity contribution >= 4 is 39.9 Å². The van der Waals surface area contributed by atoms with Crippen LogP contribution in [0.3, 0.4) is 0 Å². The standard InChI is InChI=1S/C16H21BrN2O2.ClH/c1-21-13-4-5-14(17)15(9-13)19-16(20)8-10-6-11-2-3-12(7-10)18-11;/h4-5,9-12,18H,2-3,6-8H2,1H3,(H,19,20);1H. The molecule has 0 saturated carbocycles. The number of benzene rings is 1. The lowest BCUT2D eigenvalue weighted by atomic mass is 9.89. The number of methoxy groups -OCH3 is 1. The molecule has 2 saturated heterocycles. The smallest absolute Gasteiger partial charge is 0.224 e. The molecule has 2 unspecified atom stereocenters. The van der Waals surface area contributed by atoms with Crippen LogP contribution in [0.25, 0.3) is 0 Å². The van der Waals surface area contributed by atoms with Gasteiger partial charge in [0, 0.05) is 29.0 Å². The van der Waals surface area contributed by atoms with Crippen molar-refractivity contribution in [2.75, 3.05) is 12.4 Å². The summed E-state index contributed by atoms with van der Waals surface area (Å²) in [4.78, 5) is 12.3. The number of hydrogen-bond donors (Lipinski definition) is 2. The van der Waals surface area contributed by atoms with Gasteiger partial charge in [0.05, 0.1) is 12.8 Å². The van der Waals surface area contributed by atoms with Crippen LogP contribution in [0.5, 0.6) is 5.75 Å². The lowest BCUT2D eigenvalue weighted by molar-refractivity contribution is -0.117. The molecule has 2 aliphatic rings. The number of ether oxygens (including phenoxy) is 1. The predicted octanol–water partition coefficient (Wildman–Crippen LogP) is 3.74. The fourth-order valence-electron chi connectivity index (χ4n) is 3.53. The molecule has 0 spiro atoms. The third-order valence-electron chi connectivity index (χ3n) is 4.49. The van der Waals surface area contributed by atoms with Gasteiger partial charge in [-0.25, -0.2) is 0 Å². The van der Waals surface area contributed by atoms with Crippen molar-refractivity contribution in [2.45, 2.75) is 44.2 Å². The maximum atomic E-state index is 12.3. The molecule has 0 aliphatic carbocycles. The van der Waals surface area contributed by atoms with Gasteiger partial charge in [-0.05, 0) is 59.7 Å². The lowest BCUT2D eigenvalue weighted by Gasteiger charge is -2.28. The van der Waals surface area contributed by atoms with Crippen molar-refractivity contribution in [3.63, 3.8) is 0 Å². The summed E-state index contributed by atoms with van der Waals surface area (Å²) in [5.74, 6) is 1.34. The van der Waals surface area contributed by atoms with E-state index in [1.807, 2.05) is 18.2 Å². The molecule has 1 amide bonds. The minimum absolute atomic E-state index is 0. The molecule has 2 heterocycles. The molecule has 122 valence electrons. The summed E-state index contributed by atoms with van der Waals surface area (Å²) < 4.78 is 6.07. The zero-order valence-corrected chi connectivity index (χ0v) is 15.0. The minimum atomic E-state index is 0. The summed E-state index contributed by atoms with van der Waals surface area (Å²) in [5.41, 5.74) is 0.774. The van der Waals surface area contributed by atoms with Gasteiger partial charge < -0.3 is 15.4 Å². The number of anilines is 1. The monoisotopic (exact) mass is 388 g/mol. The molecule has 1 aromatic carbocycles. The first-order valence-corrected chi connectivity index (χ1v) is 8.33. The highest BCUT2D eigenvalue weighted by Crippen LogP contribution is 2.33. The zero-order chi connectivity index (χ0) is 14.8. The summed E-state index contributed by atoms with van der Waals surface area (Å²) >= 11 is 3.46. The van der Waals surface area contributed by atoms with Crippen molar-refractivity contribution in [3.05, 3.63) is 22.7 Å². The number of carbonyl (C=O) groups excluding carboxylic acids is 1. The highest BCUT2D eigenvalue weighted by molar-refractivity contribution is 9.10. The molecule has 6 heteroatoms. The van der Waals surface area contributed by atoms with E-state index in [1.54, 1.807) is 7.11 Å². The molecule has 0 aromatic heterocycles. The fourth-order valence-corrected chi connectivity index (χ4v) is 3.88. The Kier molecular flexibility index (Phi) is 6.12. The zero-order valence-electron chi connectivity index (χ0n) is 12.6. The Labute approximate surface area is 145 Å². The van der Waals surface area contributed by atoms with E-state index in [4.69, 9.17) is 4.74 Å². The average molecular weight is 390 g/mol. The third kappa shape index (κ3) is 4.15. The van der Waals surface area contributed by atoms with Crippen LogP contribution in [0.15, 0.2) is 22.7 Å². The van der Waals surface area contributed by atoms with Gasteiger partial charge in [-0.3, -0.25) is 4.79 Å². The number of amides is 1. The first-order chi connectivity index (χ1) is 10.1. The fraction of sp³-hybridized carbons (Fsp3) is 0.562. The molecule has 2 N–H and O–H groups in total.